The zero-order valence-corrected chi connectivity index (χ0v) is 13.5. The van der Waals surface area contributed by atoms with Crippen LogP contribution in [0.3, 0.4) is 0 Å². The second kappa shape index (κ2) is 8.76. The Bertz CT molecular complexity index is 453. The summed E-state index contributed by atoms with van der Waals surface area (Å²) in [4.78, 5) is 14.4. The van der Waals surface area contributed by atoms with Gasteiger partial charge in [-0.25, -0.2) is 0 Å². The molecule has 22 heavy (non-hydrogen) atoms. The number of rotatable bonds is 7. The van der Waals surface area contributed by atoms with Gasteiger partial charge in [0.15, 0.2) is 0 Å². The third-order valence-electron chi connectivity index (χ3n) is 3.53. The third kappa shape index (κ3) is 5.66. The van der Waals surface area contributed by atoms with Crippen molar-refractivity contribution in [3.63, 3.8) is 0 Å². The van der Waals surface area contributed by atoms with E-state index in [0.29, 0.717) is 12.1 Å². The van der Waals surface area contributed by atoms with E-state index < -0.39 is 0 Å². The molecule has 0 radical (unpaired) electrons. The molecule has 1 aliphatic rings. The third-order valence-corrected chi connectivity index (χ3v) is 3.53. The minimum absolute atomic E-state index is 0.0296. The van der Waals surface area contributed by atoms with E-state index in [1.807, 2.05) is 26.0 Å². The summed E-state index contributed by atoms with van der Waals surface area (Å²) in [7, 11) is 0. The molecule has 0 aliphatic carbocycles. The van der Waals surface area contributed by atoms with Gasteiger partial charge in [-0.2, -0.15) is 0 Å². The Labute approximate surface area is 132 Å². The van der Waals surface area contributed by atoms with Crippen molar-refractivity contribution in [3.8, 4) is 5.75 Å². The van der Waals surface area contributed by atoms with Gasteiger partial charge in [0, 0.05) is 25.2 Å². The average molecular weight is 306 g/mol. The van der Waals surface area contributed by atoms with Gasteiger partial charge in [0.1, 0.15) is 5.75 Å². The van der Waals surface area contributed by atoms with E-state index in [0.717, 1.165) is 45.0 Å². The normalized spacial score (nSPS) is 15.8. The zero-order chi connectivity index (χ0) is 15.8. The number of hydrogen-bond acceptors (Lipinski definition) is 4. The molecule has 1 aromatic carbocycles. The topological polar surface area (TPSA) is 50.8 Å². The molecular weight excluding hydrogens is 280 g/mol. The van der Waals surface area contributed by atoms with E-state index in [-0.39, 0.29) is 12.0 Å². The SMILES string of the molecule is CC(C)Oc1ccc(C(=O)NCCCN2CCOCC2)cc1. The number of benzene rings is 1. The molecule has 5 nitrogen and oxygen atoms in total. The van der Waals surface area contributed by atoms with Crippen molar-refractivity contribution < 1.29 is 14.3 Å². The summed E-state index contributed by atoms with van der Waals surface area (Å²) in [6.07, 6.45) is 1.10. The Morgan fingerprint density at radius 2 is 1.95 bits per heavy atom. The van der Waals surface area contributed by atoms with Crippen LogP contribution >= 0.6 is 0 Å². The molecule has 2 rings (SSSR count). The standard InChI is InChI=1S/C17H26N2O3/c1-14(2)22-16-6-4-15(5-7-16)17(20)18-8-3-9-19-10-12-21-13-11-19/h4-7,14H,3,8-13H2,1-2H3,(H,18,20). The molecule has 1 fully saturated rings. The minimum atomic E-state index is -0.0296. The highest BCUT2D eigenvalue weighted by Gasteiger charge is 2.10. The van der Waals surface area contributed by atoms with Gasteiger partial charge in [0.25, 0.3) is 5.91 Å². The lowest BCUT2D eigenvalue weighted by atomic mass is 10.2. The van der Waals surface area contributed by atoms with Crippen molar-refractivity contribution in [3.05, 3.63) is 29.8 Å². The van der Waals surface area contributed by atoms with Crippen molar-refractivity contribution >= 4 is 5.91 Å². The fourth-order valence-corrected chi connectivity index (χ4v) is 2.39. The number of amides is 1. The highest BCUT2D eigenvalue weighted by Crippen LogP contribution is 2.13. The molecule has 0 atom stereocenters. The molecule has 1 heterocycles. The molecule has 1 N–H and O–H groups in total. The molecule has 0 spiro atoms. The van der Waals surface area contributed by atoms with Gasteiger partial charge in [0.2, 0.25) is 0 Å². The number of carbonyl (C=O) groups is 1. The van der Waals surface area contributed by atoms with Crippen molar-refractivity contribution in [1.82, 2.24) is 10.2 Å². The fourth-order valence-electron chi connectivity index (χ4n) is 2.39. The van der Waals surface area contributed by atoms with Crippen LogP contribution in [-0.2, 0) is 4.74 Å². The number of nitrogens with one attached hydrogen (secondary N) is 1. The lowest BCUT2D eigenvalue weighted by Crippen LogP contribution is -2.38. The lowest BCUT2D eigenvalue weighted by Gasteiger charge is -2.26. The molecular formula is C17H26N2O3. The van der Waals surface area contributed by atoms with E-state index in [1.165, 1.54) is 0 Å². The van der Waals surface area contributed by atoms with Crippen LogP contribution in [0.4, 0.5) is 0 Å². The Kier molecular flexibility index (Phi) is 6.68. The van der Waals surface area contributed by atoms with Crippen molar-refractivity contribution in [1.29, 1.82) is 0 Å². The summed E-state index contributed by atoms with van der Waals surface area (Å²) in [5, 5.41) is 2.96. The number of carbonyl (C=O) groups excluding carboxylic acids is 1. The molecule has 0 aromatic heterocycles. The van der Waals surface area contributed by atoms with E-state index in [9.17, 15) is 4.79 Å². The fraction of sp³-hybridized carbons (Fsp3) is 0.588. The van der Waals surface area contributed by atoms with E-state index in [2.05, 4.69) is 10.2 Å². The van der Waals surface area contributed by atoms with Crippen LogP contribution in [0.1, 0.15) is 30.6 Å². The summed E-state index contributed by atoms with van der Waals surface area (Å²) in [6, 6.07) is 7.27. The summed E-state index contributed by atoms with van der Waals surface area (Å²) >= 11 is 0. The van der Waals surface area contributed by atoms with Gasteiger partial charge < -0.3 is 14.8 Å². The maximum absolute atomic E-state index is 12.0. The molecule has 0 bridgehead atoms. The summed E-state index contributed by atoms with van der Waals surface area (Å²) in [5.74, 6) is 0.761. The molecule has 5 heteroatoms. The van der Waals surface area contributed by atoms with Crippen molar-refractivity contribution in [2.45, 2.75) is 26.4 Å². The highest BCUT2D eigenvalue weighted by atomic mass is 16.5. The lowest BCUT2D eigenvalue weighted by molar-refractivity contribution is 0.0374. The first kappa shape index (κ1) is 16.8. The van der Waals surface area contributed by atoms with E-state index >= 15 is 0 Å². The number of ether oxygens (including phenoxy) is 2. The molecule has 1 amide bonds. The first-order chi connectivity index (χ1) is 10.6. The Balaban J connectivity index is 1.68. The Morgan fingerprint density at radius 1 is 1.27 bits per heavy atom. The smallest absolute Gasteiger partial charge is 0.251 e. The van der Waals surface area contributed by atoms with Crippen LogP contribution in [-0.4, -0.2) is 56.3 Å². The zero-order valence-electron chi connectivity index (χ0n) is 13.5. The summed E-state index contributed by atoms with van der Waals surface area (Å²) in [6.45, 7) is 9.28. The van der Waals surface area contributed by atoms with Gasteiger partial charge in [0.05, 0.1) is 19.3 Å². The molecule has 0 unspecified atom stereocenters. The van der Waals surface area contributed by atoms with E-state index in [1.54, 1.807) is 12.1 Å². The maximum Gasteiger partial charge on any atom is 0.251 e. The van der Waals surface area contributed by atoms with Gasteiger partial charge in [-0.3, -0.25) is 9.69 Å². The number of hydrogen-bond donors (Lipinski definition) is 1. The van der Waals surface area contributed by atoms with Crippen LogP contribution in [0.5, 0.6) is 5.75 Å². The predicted octanol–water partition coefficient (Wildman–Crippen LogP) is 1.93. The van der Waals surface area contributed by atoms with Crippen LogP contribution in [0, 0.1) is 0 Å². The van der Waals surface area contributed by atoms with Crippen molar-refractivity contribution in [2.75, 3.05) is 39.4 Å². The summed E-state index contributed by atoms with van der Waals surface area (Å²) in [5.41, 5.74) is 0.669. The van der Waals surface area contributed by atoms with Crippen LogP contribution in [0.25, 0.3) is 0 Å². The Hall–Kier alpha value is -1.59. The van der Waals surface area contributed by atoms with Gasteiger partial charge in [-0.15, -0.1) is 0 Å². The van der Waals surface area contributed by atoms with E-state index in [4.69, 9.17) is 9.47 Å². The average Bonchev–Trinajstić information content (AvgIpc) is 2.52. The maximum atomic E-state index is 12.0. The number of nitrogens with zero attached hydrogens (tertiary/aromatic N) is 1. The molecule has 0 saturated carbocycles. The second-order valence-corrected chi connectivity index (χ2v) is 5.75. The monoisotopic (exact) mass is 306 g/mol. The van der Waals surface area contributed by atoms with Gasteiger partial charge in [-0.05, 0) is 51.1 Å². The van der Waals surface area contributed by atoms with Crippen LogP contribution < -0.4 is 10.1 Å². The summed E-state index contributed by atoms with van der Waals surface area (Å²) < 4.78 is 10.9. The van der Waals surface area contributed by atoms with Crippen molar-refractivity contribution in [2.24, 2.45) is 0 Å². The van der Waals surface area contributed by atoms with Gasteiger partial charge >= 0.3 is 0 Å². The quantitative estimate of drug-likeness (QED) is 0.782. The first-order valence-electron chi connectivity index (χ1n) is 8.00. The van der Waals surface area contributed by atoms with Crippen LogP contribution in [0.2, 0.25) is 0 Å². The Morgan fingerprint density at radius 3 is 2.59 bits per heavy atom. The second-order valence-electron chi connectivity index (χ2n) is 5.75. The number of morpholine rings is 1. The predicted molar refractivity (Wildman–Crippen MR) is 86.4 cm³/mol. The molecule has 1 aliphatic heterocycles. The minimum Gasteiger partial charge on any atom is -0.491 e. The molecule has 1 saturated heterocycles. The first-order valence-corrected chi connectivity index (χ1v) is 8.00. The molecule has 122 valence electrons. The molecule has 1 aromatic rings. The van der Waals surface area contributed by atoms with Gasteiger partial charge in [-0.1, -0.05) is 0 Å². The highest BCUT2D eigenvalue weighted by molar-refractivity contribution is 5.94. The largest absolute Gasteiger partial charge is 0.491 e. The van der Waals surface area contributed by atoms with Crippen LogP contribution in [0.15, 0.2) is 24.3 Å².